The zero-order chi connectivity index (χ0) is 10.6. The minimum absolute atomic E-state index is 0.583. The molecular weight excluding hydrogens is 172 g/mol. The molecule has 0 aliphatic carbocycles. The molecule has 1 heterocycles. The lowest BCUT2D eigenvalue weighted by Crippen LogP contribution is -2.46. The number of hydrogen-bond donors (Lipinski definition) is 1. The summed E-state index contributed by atoms with van der Waals surface area (Å²) in [6.45, 7) is 10.7. The van der Waals surface area contributed by atoms with E-state index in [2.05, 4.69) is 38.0 Å². The molecule has 1 rings (SSSR count). The van der Waals surface area contributed by atoms with E-state index < -0.39 is 0 Å². The van der Waals surface area contributed by atoms with Gasteiger partial charge in [-0.05, 0) is 58.7 Å². The van der Waals surface area contributed by atoms with E-state index >= 15 is 0 Å². The van der Waals surface area contributed by atoms with Crippen LogP contribution in [0.25, 0.3) is 0 Å². The molecule has 2 heteroatoms. The molecule has 0 saturated carbocycles. The number of likely N-dealkylation sites (tertiary alicyclic amines) is 1. The van der Waals surface area contributed by atoms with Crippen molar-refractivity contribution in [3.63, 3.8) is 0 Å². The standard InChI is InChI=1S/C12H26N2/c1-5-12(10-13-4)6-8-14(9-7-12)11(2)3/h11,13H,5-10H2,1-4H3. The molecule has 2 nitrogen and oxygen atoms in total. The predicted molar refractivity (Wildman–Crippen MR) is 62.6 cm³/mol. The largest absolute Gasteiger partial charge is 0.319 e. The van der Waals surface area contributed by atoms with Crippen LogP contribution in [0.3, 0.4) is 0 Å². The van der Waals surface area contributed by atoms with Gasteiger partial charge in [0.15, 0.2) is 0 Å². The third kappa shape index (κ3) is 2.71. The van der Waals surface area contributed by atoms with E-state index in [4.69, 9.17) is 0 Å². The fourth-order valence-corrected chi connectivity index (χ4v) is 2.55. The molecule has 0 atom stereocenters. The van der Waals surface area contributed by atoms with E-state index in [1.807, 2.05) is 0 Å². The summed E-state index contributed by atoms with van der Waals surface area (Å²) < 4.78 is 0. The molecule has 0 amide bonds. The van der Waals surface area contributed by atoms with Gasteiger partial charge in [0.05, 0.1) is 0 Å². The van der Waals surface area contributed by atoms with Crippen LogP contribution in [0.2, 0.25) is 0 Å². The molecule has 0 radical (unpaired) electrons. The maximum Gasteiger partial charge on any atom is 0.00385 e. The van der Waals surface area contributed by atoms with Crippen molar-refractivity contribution in [1.82, 2.24) is 10.2 Å². The zero-order valence-corrected chi connectivity index (χ0v) is 10.3. The Morgan fingerprint density at radius 2 is 1.86 bits per heavy atom. The van der Waals surface area contributed by atoms with Crippen LogP contribution in [0.1, 0.15) is 40.0 Å². The lowest BCUT2D eigenvalue weighted by atomic mass is 9.76. The van der Waals surface area contributed by atoms with Crippen LogP contribution in [0.15, 0.2) is 0 Å². The van der Waals surface area contributed by atoms with Gasteiger partial charge in [-0.2, -0.15) is 0 Å². The first-order chi connectivity index (χ1) is 6.63. The summed E-state index contributed by atoms with van der Waals surface area (Å²) in [6.07, 6.45) is 4.05. The van der Waals surface area contributed by atoms with Gasteiger partial charge in [-0.15, -0.1) is 0 Å². The quantitative estimate of drug-likeness (QED) is 0.744. The molecule has 0 spiro atoms. The Kier molecular flexibility index (Phi) is 4.39. The van der Waals surface area contributed by atoms with Crippen LogP contribution < -0.4 is 5.32 Å². The average molecular weight is 198 g/mol. The van der Waals surface area contributed by atoms with Crippen LogP contribution >= 0.6 is 0 Å². The molecule has 1 aliphatic heterocycles. The maximum absolute atomic E-state index is 3.35. The second-order valence-electron chi connectivity index (χ2n) is 5.01. The molecule has 1 saturated heterocycles. The van der Waals surface area contributed by atoms with Crippen LogP contribution in [-0.2, 0) is 0 Å². The predicted octanol–water partition coefficient (Wildman–Crippen LogP) is 2.11. The zero-order valence-electron chi connectivity index (χ0n) is 10.3. The summed E-state index contributed by atoms with van der Waals surface area (Å²) in [4.78, 5) is 2.60. The van der Waals surface area contributed by atoms with Gasteiger partial charge in [-0.1, -0.05) is 6.92 Å². The average Bonchev–Trinajstić information content (AvgIpc) is 2.19. The Hall–Kier alpha value is -0.0800. The molecule has 0 aromatic rings. The molecule has 0 unspecified atom stereocenters. The van der Waals surface area contributed by atoms with Crippen molar-refractivity contribution in [1.29, 1.82) is 0 Å². The lowest BCUT2D eigenvalue weighted by Gasteiger charge is -2.43. The number of nitrogens with one attached hydrogen (secondary N) is 1. The highest BCUT2D eigenvalue weighted by molar-refractivity contribution is 4.87. The Morgan fingerprint density at radius 3 is 2.21 bits per heavy atom. The second-order valence-corrected chi connectivity index (χ2v) is 5.01. The minimum Gasteiger partial charge on any atom is -0.319 e. The topological polar surface area (TPSA) is 15.3 Å². The van der Waals surface area contributed by atoms with Crippen molar-refractivity contribution in [3.8, 4) is 0 Å². The molecule has 1 aliphatic rings. The number of piperidine rings is 1. The van der Waals surface area contributed by atoms with Gasteiger partial charge in [-0.3, -0.25) is 0 Å². The number of hydrogen-bond acceptors (Lipinski definition) is 2. The highest BCUT2D eigenvalue weighted by Crippen LogP contribution is 2.34. The van der Waals surface area contributed by atoms with Crippen molar-refractivity contribution in [2.45, 2.75) is 46.1 Å². The van der Waals surface area contributed by atoms with Crippen molar-refractivity contribution >= 4 is 0 Å². The third-order valence-electron chi connectivity index (χ3n) is 3.89. The van der Waals surface area contributed by atoms with Gasteiger partial charge in [0, 0.05) is 12.6 Å². The van der Waals surface area contributed by atoms with E-state index in [0.29, 0.717) is 5.41 Å². The highest BCUT2D eigenvalue weighted by atomic mass is 15.2. The van der Waals surface area contributed by atoms with Crippen molar-refractivity contribution < 1.29 is 0 Å². The van der Waals surface area contributed by atoms with Gasteiger partial charge in [0.2, 0.25) is 0 Å². The molecular formula is C12H26N2. The van der Waals surface area contributed by atoms with Gasteiger partial charge in [0.25, 0.3) is 0 Å². The van der Waals surface area contributed by atoms with E-state index in [1.54, 1.807) is 0 Å². The first-order valence-electron chi connectivity index (χ1n) is 6.02. The molecule has 84 valence electrons. The molecule has 0 aromatic heterocycles. The van der Waals surface area contributed by atoms with Crippen LogP contribution in [-0.4, -0.2) is 37.6 Å². The first-order valence-corrected chi connectivity index (χ1v) is 6.02. The van der Waals surface area contributed by atoms with Crippen molar-refractivity contribution in [2.24, 2.45) is 5.41 Å². The summed E-state index contributed by atoms with van der Waals surface area (Å²) in [5.41, 5.74) is 0.583. The summed E-state index contributed by atoms with van der Waals surface area (Å²) in [7, 11) is 2.08. The Balaban J connectivity index is 2.46. The summed E-state index contributed by atoms with van der Waals surface area (Å²) in [6, 6.07) is 0.722. The normalized spacial score (nSPS) is 22.9. The van der Waals surface area contributed by atoms with Gasteiger partial charge >= 0.3 is 0 Å². The minimum atomic E-state index is 0.583. The van der Waals surface area contributed by atoms with E-state index in [0.717, 1.165) is 6.04 Å². The van der Waals surface area contributed by atoms with Crippen molar-refractivity contribution in [3.05, 3.63) is 0 Å². The number of nitrogens with zero attached hydrogens (tertiary/aromatic N) is 1. The fourth-order valence-electron chi connectivity index (χ4n) is 2.55. The Bertz CT molecular complexity index is 158. The second kappa shape index (κ2) is 5.13. The highest BCUT2D eigenvalue weighted by Gasteiger charge is 2.32. The van der Waals surface area contributed by atoms with E-state index in [-0.39, 0.29) is 0 Å². The molecule has 1 fully saturated rings. The van der Waals surface area contributed by atoms with Gasteiger partial charge in [0.1, 0.15) is 0 Å². The van der Waals surface area contributed by atoms with Crippen LogP contribution in [0.4, 0.5) is 0 Å². The van der Waals surface area contributed by atoms with Crippen molar-refractivity contribution in [2.75, 3.05) is 26.7 Å². The summed E-state index contributed by atoms with van der Waals surface area (Å²) in [5, 5.41) is 3.35. The van der Waals surface area contributed by atoms with Gasteiger partial charge < -0.3 is 10.2 Å². The number of rotatable bonds is 4. The van der Waals surface area contributed by atoms with E-state index in [9.17, 15) is 0 Å². The van der Waals surface area contributed by atoms with Gasteiger partial charge in [-0.25, -0.2) is 0 Å². The van der Waals surface area contributed by atoms with Crippen LogP contribution in [0.5, 0.6) is 0 Å². The Morgan fingerprint density at radius 1 is 1.29 bits per heavy atom. The third-order valence-corrected chi connectivity index (χ3v) is 3.89. The SMILES string of the molecule is CCC1(CNC)CCN(C(C)C)CC1. The molecule has 1 N–H and O–H groups in total. The lowest BCUT2D eigenvalue weighted by molar-refractivity contribution is 0.0800. The van der Waals surface area contributed by atoms with E-state index in [1.165, 1.54) is 38.9 Å². The smallest absolute Gasteiger partial charge is 0.00385 e. The summed E-state index contributed by atoms with van der Waals surface area (Å²) in [5.74, 6) is 0. The maximum atomic E-state index is 3.35. The monoisotopic (exact) mass is 198 g/mol. The van der Waals surface area contributed by atoms with Crippen LogP contribution in [0, 0.1) is 5.41 Å². The Labute approximate surface area is 89.1 Å². The summed E-state index contributed by atoms with van der Waals surface area (Å²) >= 11 is 0. The fraction of sp³-hybridized carbons (Fsp3) is 1.00. The first kappa shape index (κ1) is 12.0. The molecule has 0 aromatic carbocycles. The molecule has 14 heavy (non-hydrogen) atoms. The molecule has 0 bridgehead atoms.